The van der Waals surface area contributed by atoms with Crippen LogP contribution in [0, 0.1) is 0 Å². The third-order valence-electron chi connectivity index (χ3n) is 4.43. The van der Waals surface area contributed by atoms with Crippen molar-refractivity contribution in [2.24, 2.45) is 0 Å². The number of anilines is 1. The molecule has 0 bridgehead atoms. The van der Waals surface area contributed by atoms with Crippen LogP contribution in [0.3, 0.4) is 0 Å². The van der Waals surface area contributed by atoms with Crippen LogP contribution in [-0.2, 0) is 6.54 Å². The second-order valence-corrected chi connectivity index (χ2v) is 6.13. The van der Waals surface area contributed by atoms with E-state index in [0.717, 1.165) is 24.5 Å². The molecule has 5 nitrogen and oxygen atoms in total. The van der Waals surface area contributed by atoms with Crippen molar-refractivity contribution in [1.29, 1.82) is 0 Å². The maximum Gasteiger partial charge on any atom is 0.274 e. The van der Waals surface area contributed by atoms with E-state index in [4.69, 9.17) is 0 Å². The first-order valence-electron chi connectivity index (χ1n) is 8.70. The highest BCUT2D eigenvalue weighted by Crippen LogP contribution is 2.17. The molecule has 1 aromatic heterocycles. The molecule has 5 heteroatoms. The summed E-state index contributed by atoms with van der Waals surface area (Å²) < 4.78 is 0. The smallest absolute Gasteiger partial charge is 0.274 e. The Labute approximate surface area is 143 Å². The van der Waals surface area contributed by atoms with E-state index in [0.29, 0.717) is 18.8 Å². The number of nitrogens with zero attached hydrogens (tertiary/aromatic N) is 4. The number of hydrogen-bond acceptors (Lipinski definition) is 4. The molecule has 1 fully saturated rings. The first-order valence-corrected chi connectivity index (χ1v) is 8.70. The lowest BCUT2D eigenvalue weighted by molar-refractivity contribution is 0.0745. The molecule has 0 spiro atoms. The molecule has 2 aromatic rings. The third kappa shape index (κ3) is 3.91. The molecule has 126 valence electrons. The summed E-state index contributed by atoms with van der Waals surface area (Å²) in [5.41, 5.74) is 1.53. The second kappa shape index (κ2) is 7.90. The summed E-state index contributed by atoms with van der Waals surface area (Å²) in [5, 5.41) is 8.46. The Bertz CT molecular complexity index is 651. The molecule has 0 saturated carbocycles. The van der Waals surface area contributed by atoms with E-state index in [1.807, 2.05) is 43.3 Å². The maximum atomic E-state index is 12.7. The van der Waals surface area contributed by atoms with Crippen LogP contribution in [-0.4, -0.2) is 40.6 Å². The number of piperidine rings is 1. The molecule has 1 aromatic carbocycles. The summed E-state index contributed by atoms with van der Waals surface area (Å²) >= 11 is 0. The first-order chi connectivity index (χ1) is 11.8. The van der Waals surface area contributed by atoms with E-state index in [1.165, 1.54) is 19.3 Å². The van der Waals surface area contributed by atoms with Gasteiger partial charge in [-0.25, -0.2) is 0 Å². The topological polar surface area (TPSA) is 49.3 Å². The van der Waals surface area contributed by atoms with Crippen molar-refractivity contribution in [1.82, 2.24) is 15.1 Å². The fourth-order valence-electron chi connectivity index (χ4n) is 3.02. The predicted molar refractivity (Wildman–Crippen MR) is 95.0 cm³/mol. The van der Waals surface area contributed by atoms with Gasteiger partial charge in [-0.1, -0.05) is 30.3 Å². The average Bonchev–Trinajstić information content (AvgIpc) is 2.67. The molecule has 1 amide bonds. The molecule has 0 radical (unpaired) electrons. The number of carbonyl (C=O) groups excluding carboxylic acids is 1. The van der Waals surface area contributed by atoms with Crippen molar-refractivity contribution in [3.05, 3.63) is 53.7 Å². The Hall–Kier alpha value is -2.43. The monoisotopic (exact) mass is 324 g/mol. The van der Waals surface area contributed by atoms with Gasteiger partial charge in [0.15, 0.2) is 11.5 Å². The van der Waals surface area contributed by atoms with Crippen molar-refractivity contribution >= 4 is 11.7 Å². The van der Waals surface area contributed by atoms with E-state index in [-0.39, 0.29) is 5.91 Å². The quantitative estimate of drug-likeness (QED) is 0.848. The van der Waals surface area contributed by atoms with Crippen molar-refractivity contribution < 1.29 is 4.79 Å². The molecular formula is C19H24N4O. The van der Waals surface area contributed by atoms with Gasteiger partial charge in [-0.3, -0.25) is 4.79 Å². The van der Waals surface area contributed by atoms with Gasteiger partial charge < -0.3 is 9.80 Å². The van der Waals surface area contributed by atoms with E-state index < -0.39 is 0 Å². The highest BCUT2D eigenvalue weighted by Gasteiger charge is 2.18. The molecule has 1 aliphatic rings. The van der Waals surface area contributed by atoms with Gasteiger partial charge in [-0.15, -0.1) is 10.2 Å². The molecule has 2 heterocycles. The van der Waals surface area contributed by atoms with Gasteiger partial charge in [0.1, 0.15) is 0 Å². The molecule has 1 aliphatic heterocycles. The zero-order valence-corrected chi connectivity index (χ0v) is 14.2. The highest BCUT2D eigenvalue weighted by molar-refractivity contribution is 5.92. The van der Waals surface area contributed by atoms with Gasteiger partial charge in [0, 0.05) is 26.2 Å². The van der Waals surface area contributed by atoms with E-state index in [1.54, 1.807) is 11.0 Å². The summed E-state index contributed by atoms with van der Waals surface area (Å²) in [7, 11) is 0. The van der Waals surface area contributed by atoms with Gasteiger partial charge in [0.05, 0.1) is 0 Å². The standard InChI is InChI=1S/C19H24N4O/c1-2-22(15-16-9-5-3-6-10-16)19(24)17-11-12-18(21-20-17)23-13-7-4-8-14-23/h3,5-6,9-12H,2,4,7-8,13-15H2,1H3. The molecule has 24 heavy (non-hydrogen) atoms. The minimum absolute atomic E-state index is 0.0703. The van der Waals surface area contributed by atoms with Crippen LogP contribution >= 0.6 is 0 Å². The highest BCUT2D eigenvalue weighted by atomic mass is 16.2. The van der Waals surface area contributed by atoms with Crippen LogP contribution in [0.1, 0.15) is 42.2 Å². The molecule has 0 aliphatic carbocycles. The van der Waals surface area contributed by atoms with Gasteiger partial charge in [0.2, 0.25) is 0 Å². The molecular weight excluding hydrogens is 300 g/mol. The molecule has 3 rings (SSSR count). The van der Waals surface area contributed by atoms with E-state index in [2.05, 4.69) is 15.1 Å². The third-order valence-corrected chi connectivity index (χ3v) is 4.43. The van der Waals surface area contributed by atoms with Gasteiger partial charge in [0.25, 0.3) is 5.91 Å². The minimum Gasteiger partial charge on any atom is -0.355 e. The van der Waals surface area contributed by atoms with E-state index >= 15 is 0 Å². The average molecular weight is 324 g/mol. The SMILES string of the molecule is CCN(Cc1ccccc1)C(=O)c1ccc(N2CCCCC2)nn1. The second-order valence-electron chi connectivity index (χ2n) is 6.13. The van der Waals surface area contributed by atoms with Crippen LogP contribution in [0.15, 0.2) is 42.5 Å². The lowest BCUT2D eigenvalue weighted by Crippen LogP contribution is -2.32. The van der Waals surface area contributed by atoms with Crippen molar-refractivity contribution in [2.45, 2.75) is 32.7 Å². The molecule has 0 atom stereocenters. The van der Waals surface area contributed by atoms with Gasteiger partial charge >= 0.3 is 0 Å². The number of hydrogen-bond donors (Lipinski definition) is 0. The zero-order valence-electron chi connectivity index (χ0n) is 14.2. The fraction of sp³-hybridized carbons (Fsp3) is 0.421. The van der Waals surface area contributed by atoms with Crippen LogP contribution in [0.2, 0.25) is 0 Å². The van der Waals surface area contributed by atoms with E-state index in [9.17, 15) is 4.79 Å². The summed E-state index contributed by atoms with van der Waals surface area (Å²) in [6.45, 7) is 5.26. The zero-order chi connectivity index (χ0) is 16.8. The first kappa shape index (κ1) is 16.4. The van der Waals surface area contributed by atoms with Crippen LogP contribution < -0.4 is 4.90 Å². The maximum absolute atomic E-state index is 12.7. The lowest BCUT2D eigenvalue weighted by atomic mass is 10.1. The number of amides is 1. The Morgan fingerprint density at radius 2 is 1.79 bits per heavy atom. The van der Waals surface area contributed by atoms with Crippen LogP contribution in [0.25, 0.3) is 0 Å². The summed E-state index contributed by atoms with van der Waals surface area (Å²) in [4.78, 5) is 16.7. The molecule has 1 saturated heterocycles. The van der Waals surface area contributed by atoms with Gasteiger partial charge in [-0.2, -0.15) is 0 Å². The van der Waals surface area contributed by atoms with Gasteiger partial charge in [-0.05, 0) is 43.9 Å². The number of carbonyl (C=O) groups is 1. The Kier molecular flexibility index (Phi) is 5.41. The molecule has 0 N–H and O–H groups in total. The van der Waals surface area contributed by atoms with Crippen LogP contribution in [0.5, 0.6) is 0 Å². The molecule has 0 unspecified atom stereocenters. The summed E-state index contributed by atoms with van der Waals surface area (Å²) in [5.74, 6) is 0.802. The number of benzene rings is 1. The minimum atomic E-state index is -0.0703. The Morgan fingerprint density at radius 3 is 2.42 bits per heavy atom. The van der Waals surface area contributed by atoms with Crippen molar-refractivity contribution in [3.8, 4) is 0 Å². The van der Waals surface area contributed by atoms with Crippen molar-refractivity contribution in [2.75, 3.05) is 24.5 Å². The van der Waals surface area contributed by atoms with Crippen LogP contribution in [0.4, 0.5) is 5.82 Å². The summed E-state index contributed by atoms with van der Waals surface area (Å²) in [6, 6.07) is 13.7. The number of aromatic nitrogens is 2. The normalized spacial score (nSPS) is 14.5. The lowest BCUT2D eigenvalue weighted by Gasteiger charge is -2.27. The Morgan fingerprint density at radius 1 is 1.04 bits per heavy atom. The number of rotatable bonds is 5. The fourth-order valence-corrected chi connectivity index (χ4v) is 3.02. The Balaban J connectivity index is 1.68. The summed E-state index contributed by atoms with van der Waals surface area (Å²) in [6.07, 6.45) is 3.68. The predicted octanol–water partition coefficient (Wildman–Crippen LogP) is 3.13. The largest absolute Gasteiger partial charge is 0.355 e. The van der Waals surface area contributed by atoms with Crippen molar-refractivity contribution in [3.63, 3.8) is 0 Å².